The molecule has 1 unspecified atom stereocenters. The first-order valence-electron chi connectivity index (χ1n) is 24.3. The summed E-state index contributed by atoms with van der Waals surface area (Å²) in [6.07, 6.45) is 9.91. The molecular weight excluding hydrogens is 837 g/mol. The van der Waals surface area contributed by atoms with Gasteiger partial charge in [0.05, 0.1) is 28.1 Å². The lowest BCUT2D eigenvalue weighted by atomic mass is 9.82. The second-order valence-corrected chi connectivity index (χ2v) is 19.5. The SMILES string of the molecule is Cc1cccc(-n2c3ccccc3c3cc4c(cc32)C(C)(C)c2ccc(-c3ccc5c6cc7c(cc6n(C6C=CC=CC6)c5c3)oc3ccccc37)cc2-4)c1.Cc1ccccc1.Cc1ccccc1. The first-order chi connectivity index (χ1) is 33.7. The molecule has 0 amide bonds. The molecule has 0 fully saturated rings. The Balaban J connectivity index is 0.000000304. The zero-order chi connectivity index (χ0) is 46.8. The molecule has 0 N–H and O–H groups in total. The Hall–Kier alpha value is -8.14. The van der Waals surface area contributed by atoms with Crippen LogP contribution in [0, 0.1) is 20.8 Å². The van der Waals surface area contributed by atoms with Crippen LogP contribution >= 0.6 is 0 Å². The van der Waals surface area contributed by atoms with Crippen LogP contribution in [0.25, 0.3) is 93.5 Å². The molecule has 14 rings (SSSR count). The molecule has 0 aliphatic heterocycles. The highest BCUT2D eigenvalue weighted by molar-refractivity contribution is 6.17. The van der Waals surface area contributed by atoms with Gasteiger partial charge in [0.1, 0.15) is 11.2 Å². The molecule has 2 aliphatic rings. The van der Waals surface area contributed by atoms with E-state index >= 15 is 0 Å². The summed E-state index contributed by atoms with van der Waals surface area (Å²) in [5, 5.41) is 7.45. The zero-order valence-corrected chi connectivity index (χ0v) is 39.9. The number of aromatic nitrogens is 2. The van der Waals surface area contributed by atoms with Crippen molar-refractivity contribution >= 4 is 65.6 Å². The molecule has 0 saturated carbocycles. The van der Waals surface area contributed by atoms with Crippen molar-refractivity contribution in [2.45, 2.75) is 52.5 Å². The number of benzene rings is 9. The molecule has 0 radical (unpaired) electrons. The van der Waals surface area contributed by atoms with Crippen molar-refractivity contribution in [2.24, 2.45) is 0 Å². The Morgan fingerprint density at radius 3 is 1.80 bits per heavy atom. The minimum atomic E-state index is -0.135. The number of rotatable bonds is 3. The van der Waals surface area contributed by atoms with Crippen LogP contribution in [0.15, 0.2) is 223 Å². The number of hydrogen-bond acceptors (Lipinski definition) is 1. The van der Waals surface area contributed by atoms with Gasteiger partial charge in [0.2, 0.25) is 0 Å². The largest absolute Gasteiger partial charge is 0.456 e. The van der Waals surface area contributed by atoms with E-state index in [0.717, 1.165) is 23.0 Å². The van der Waals surface area contributed by atoms with Crippen molar-refractivity contribution in [2.75, 3.05) is 0 Å². The minimum Gasteiger partial charge on any atom is -0.456 e. The van der Waals surface area contributed by atoms with Gasteiger partial charge in [-0.05, 0) is 121 Å². The van der Waals surface area contributed by atoms with Crippen LogP contribution in [-0.4, -0.2) is 9.13 Å². The lowest BCUT2D eigenvalue weighted by Gasteiger charge is -2.22. The monoisotopic (exact) mass is 890 g/mol. The van der Waals surface area contributed by atoms with Gasteiger partial charge in [-0.25, -0.2) is 0 Å². The molecule has 0 spiro atoms. The third-order valence-corrected chi connectivity index (χ3v) is 14.5. The first kappa shape index (κ1) is 42.2. The summed E-state index contributed by atoms with van der Waals surface area (Å²) in [7, 11) is 0. The highest BCUT2D eigenvalue weighted by atomic mass is 16.3. The molecule has 1 atom stereocenters. The predicted molar refractivity (Wildman–Crippen MR) is 293 cm³/mol. The standard InChI is InChI=1S/C52H38N2O.2C7H8/c1-31-12-11-15-35(24-31)54-46-18-9-7-16-36(46)41-27-40-39-25-32(21-23-44(39)52(2,3)45(40)29-48(41)54)33-20-22-37-42-28-43-38-17-8-10-19-50(38)55-51(43)30-49(42)53(47(37)26-33)34-13-5-4-6-14-34;2*1-7-5-3-2-4-6-7/h4-13,15-30,34H,14H2,1-3H3;2*2-6H,1H3. The van der Waals surface area contributed by atoms with Crippen molar-refractivity contribution in [3.05, 3.63) is 246 Å². The van der Waals surface area contributed by atoms with Crippen LogP contribution in [0.3, 0.4) is 0 Å². The average Bonchev–Trinajstić information content (AvgIpc) is 4.07. The summed E-state index contributed by atoms with van der Waals surface area (Å²) in [5.74, 6) is 0. The lowest BCUT2D eigenvalue weighted by Crippen LogP contribution is -2.15. The fraction of sp³-hybridized carbons (Fsp3) is 0.121. The molecule has 9 aromatic carbocycles. The van der Waals surface area contributed by atoms with E-state index in [-0.39, 0.29) is 11.5 Å². The molecule has 334 valence electrons. The normalized spacial score (nSPS) is 14.5. The molecule has 69 heavy (non-hydrogen) atoms. The van der Waals surface area contributed by atoms with Crippen molar-refractivity contribution < 1.29 is 4.42 Å². The number of fused-ring (bicyclic) bond motifs is 12. The molecule has 12 aromatic rings. The third-order valence-electron chi connectivity index (χ3n) is 14.5. The second-order valence-electron chi connectivity index (χ2n) is 19.5. The topological polar surface area (TPSA) is 23.0 Å². The van der Waals surface area contributed by atoms with Gasteiger partial charge in [-0.2, -0.15) is 0 Å². The molecule has 3 aromatic heterocycles. The average molecular weight is 891 g/mol. The maximum Gasteiger partial charge on any atom is 0.137 e. The van der Waals surface area contributed by atoms with Crippen LogP contribution in [0.5, 0.6) is 0 Å². The zero-order valence-electron chi connectivity index (χ0n) is 39.9. The fourth-order valence-corrected chi connectivity index (χ4v) is 11.1. The summed E-state index contributed by atoms with van der Waals surface area (Å²) in [4.78, 5) is 0. The van der Waals surface area contributed by atoms with Gasteiger partial charge in [-0.3, -0.25) is 0 Å². The van der Waals surface area contributed by atoms with Gasteiger partial charge >= 0.3 is 0 Å². The summed E-state index contributed by atoms with van der Waals surface area (Å²) in [5.41, 5.74) is 19.7. The molecule has 3 nitrogen and oxygen atoms in total. The van der Waals surface area contributed by atoms with Gasteiger partial charge in [-0.1, -0.05) is 183 Å². The van der Waals surface area contributed by atoms with E-state index in [4.69, 9.17) is 4.42 Å². The minimum absolute atomic E-state index is 0.135. The Labute approximate surface area is 403 Å². The van der Waals surface area contributed by atoms with Gasteiger partial charge in [0.25, 0.3) is 0 Å². The number of aryl methyl sites for hydroxylation is 3. The molecule has 0 bridgehead atoms. The first-order valence-corrected chi connectivity index (χ1v) is 24.3. The summed E-state index contributed by atoms with van der Waals surface area (Å²) >= 11 is 0. The maximum absolute atomic E-state index is 6.41. The van der Waals surface area contributed by atoms with Gasteiger partial charge in [-0.15, -0.1) is 0 Å². The van der Waals surface area contributed by atoms with E-state index in [1.165, 1.54) is 105 Å². The summed E-state index contributed by atoms with van der Waals surface area (Å²) in [6, 6.07) is 70.7. The van der Waals surface area contributed by atoms with E-state index in [9.17, 15) is 0 Å². The van der Waals surface area contributed by atoms with Crippen molar-refractivity contribution in [1.29, 1.82) is 0 Å². The van der Waals surface area contributed by atoms with E-state index < -0.39 is 0 Å². The van der Waals surface area contributed by atoms with Crippen molar-refractivity contribution in [3.63, 3.8) is 0 Å². The van der Waals surface area contributed by atoms with E-state index in [0.29, 0.717) is 0 Å². The highest BCUT2D eigenvalue weighted by Crippen LogP contribution is 2.52. The third kappa shape index (κ3) is 7.28. The second kappa shape index (κ2) is 16.9. The fourth-order valence-electron chi connectivity index (χ4n) is 11.1. The number of furan rings is 1. The number of para-hydroxylation sites is 2. The van der Waals surface area contributed by atoms with E-state index in [2.05, 4.69) is 220 Å². The Kier molecular flexibility index (Phi) is 10.3. The Bertz CT molecular complexity index is 3950. The number of allylic oxidation sites excluding steroid dienone is 4. The van der Waals surface area contributed by atoms with E-state index in [1.54, 1.807) is 0 Å². The lowest BCUT2D eigenvalue weighted by molar-refractivity contribution is 0.645. The Morgan fingerprint density at radius 2 is 1.07 bits per heavy atom. The van der Waals surface area contributed by atoms with Gasteiger partial charge in [0, 0.05) is 49.5 Å². The Morgan fingerprint density at radius 1 is 0.435 bits per heavy atom. The predicted octanol–water partition coefficient (Wildman–Crippen LogP) is 18.1. The van der Waals surface area contributed by atoms with E-state index in [1.807, 2.05) is 42.5 Å². The molecule has 2 aliphatic carbocycles. The molecular formula is C66H54N2O. The number of hydrogen-bond donors (Lipinski definition) is 0. The molecule has 0 saturated heterocycles. The van der Waals surface area contributed by atoms with Crippen molar-refractivity contribution in [1.82, 2.24) is 9.13 Å². The maximum atomic E-state index is 6.41. The van der Waals surface area contributed by atoms with Crippen LogP contribution in [-0.2, 0) is 5.41 Å². The highest BCUT2D eigenvalue weighted by Gasteiger charge is 2.37. The smallest absolute Gasteiger partial charge is 0.137 e. The quantitative estimate of drug-likeness (QED) is 0.173. The molecule has 3 heteroatoms. The molecule has 3 heterocycles. The van der Waals surface area contributed by atoms with Crippen LogP contribution in [0.1, 0.15) is 54.1 Å². The number of nitrogens with zero attached hydrogens (tertiary/aromatic N) is 2. The van der Waals surface area contributed by atoms with Crippen LogP contribution in [0.4, 0.5) is 0 Å². The van der Waals surface area contributed by atoms with Crippen LogP contribution in [0.2, 0.25) is 0 Å². The summed E-state index contributed by atoms with van der Waals surface area (Å²) < 4.78 is 11.4. The van der Waals surface area contributed by atoms with Crippen molar-refractivity contribution in [3.8, 4) is 27.9 Å². The summed E-state index contributed by atoms with van der Waals surface area (Å²) in [6.45, 7) is 11.1. The van der Waals surface area contributed by atoms with Crippen LogP contribution < -0.4 is 0 Å². The van der Waals surface area contributed by atoms with Gasteiger partial charge < -0.3 is 13.6 Å². The van der Waals surface area contributed by atoms with Gasteiger partial charge in [0.15, 0.2) is 0 Å².